The largest absolute Gasteiger partial charge is 0.506 e. The molecule has 0 spiro atoms. The molecule has 0 fully saturated rings. The summed E-state index contributed by atoms with van der Waals surface area (Å²) in [5, 5.41) is 13.3. The van der Waals surface area contributed by atoms with Gasteiger partial charge < -0.3 is 10.4 Å². The van der Waals surface area contributed by atoms with Crippen molar-refractivity contribution >= 4 is 21.4 Å². The van der Waals surface area contributed by atoms with Crippen LogP contribution in [0.1, 0.15) is 22.3 Å². The molecule has 0 saturated heterocycles. The van der Waals surface area contributed by atoms with Crippen molar-refractivity contribution in [2.75, 3.05) is 5.32 Å². The number of carbonyl (C=O) groups is 1. The van der Waals surface area contributed by atoms with Crippen LogP contribution in [-0.4, -0.2) is 19.4 Å². The van der Waals surface area contributed by atoms with E-state index in [-0.39, 0.29) is 27.9 Å². The highest BCUT2D eigenvalue weighted by Crippen LogP contribution is 2.37. The second kappa shape index (κ2) is 8.09. The van der Waals surface area contributed by atoms with E-state index in [0.29, 0.717) is 16.8 Å². The molecule has 150 valence electrons. The fraction of sp³-hybridized carbons (Fsp3) is 0.174. The Kier molecular flexibility index (Phi) is 5.75. The molecule has 0 saturated carbocycles. The van der Waals surface area contributed by atoms with Crippen molar-refractivity contribution in [1.29, 1.82) is 0 Å². The van der Waals surface area contributed by atoms with E-state index < -0.39 is 9.84 Å². The molecule has 2 N–H and O–H groups in total. The number of hydrogen-bond donors (Lipinski definition) is 2. The Bertz CT molecular complexity index is 1150. The first kappa shape index (κ1) is 20.6. The topological polar surface area (TPSA) is 83.5 Å². The number of rotatable bonds is 5. The lowest BCUT2D eigenvalue weighted by Crippen LogP contribution is -2.16. The molecule has 0 aromatic heterocycles. The van der Waals surface area contributed by atoms with Gasteiger partial charge in [0.2, 0.25) is 15.7 Å². The Hall–Kier alpha value is -3.12. The molecular formula is C23H23NO4S. The predicted octanol–water partition coefficient (Wildman–Crippen LogP) is 4.33. The number of sulfone groups is 1. The van der Waals surface area contributed by atoms with Gasteiger partial charge in [-0.1, -0.05) is 48.0 Å². The lowest BCUT2D eigenvalue weighted by molar-refractivity contribution is -0.115. The molecule has 0 aliphatic rings. The van der Waals surface area contributed by atoms with Crippen LogP contribution in [-0.2, 0) is 21.1 Å². The number of aromatic hydroxyl groups is 1. The van der Waals surface area contributed by atoms with E-state index in [2.05, 4.69) is 5.32 Å². The Morgan fingerprint density at radius 1 is 0.931 bits per heavy atom. The van der Waals surface area contributed by atoms with E-state index >= 15 is 0 Å². The van der Waals surface area contributed by atoms with Gasteiger partial charge in [-0.2, -0.15) is 0 Å². The minimum Gasteiger partial charge on any atom is -0.506 e. The highest BCUT2D eigenvalue weighted by Gasteiger charge is 2.25. The summed E-state index contributed by atoms with van der Waals surface area (Å²) in [6.45, 7) is 5.23. The maximum absolute atomic E-state index is 13.1. The molecular weight excluding hydrogens is 386 g/mol. The summed E-state index contributed by atoms with van der Waals surface area (Å²) in [4.78, 5) is 12.3. The molecule has 1 amide bonds. The summed E-state index contributed by atoms with van der Waals surface area (Å²) in [6.07, 6.45) is 0.167. The van der Waals surface area contributed by atoms with Gasteiger partial charge in [0.25, 0.3) is 0 Å². The number of phenolic OH excluding ortho intramolecular Hbond substituents is 1. The zero-order valence-corrected chi connectivity index (χ0v) is 17.4. The van der Waals surface area contributed by atoms with Crippen LogP contribution < -0.4 is 5.32 Å². The first-order valence-electron chi connectivity index (χ1n) is 9.19. The number of carbonyl (C=O) groups excluding carboxylic acids is 1. The van der Waals surface area contributed by atoms with Gasteiger partial charge in [0, 0.05) is 5.69 Å². The van der Waals surface area contributed by atoms with Crippen molar-refractivity contribution in [1.82, 2.24) is 0 Å². The number of amides is 1. The smallest absolute Gasteiger partial charge is 0.228 e. The van der Waals surface area contributed by atoms with E-state index in [1.807, 2.05) is 37.3 Å². The summed E-state index contributed by atoms with van der Waals surface area (Å²) >= 11 is 0. The third kappa shape index (κ3) is 4.32. The highest BCUT2D eigenvalue weighted by atomic mass is 32.2. The Balaban J connectivity index is 1.99. The molecule has 5 nitrogen and oxygen atoms in total. The normalized spacial score (nSPS) is 11.3. The van der Waals surface area contributed by atoms with E-state index in [0.717, 1.165) is 11.1 Å². The lowest BCUT2D eigenvalue weighted by Gasteiger charge is -2.16. The lowest BCUT2D eigenvalue weighted by atomic mass is 10.1. The molecule has 0 bridgehead atoms. The summed E-state index contributed by atoms with van der Waals surface area (Å²) < 4.78 is 26.2. The quantitative estimate of drug-likeness (QED) is 0.615. The van der Waals surface area contributed by atoms with Crippen LogP contribution in [0.15, 0.2) is 70.5 Å². The summed E-state index contributed by atoms with van der Waals surface area (Å²) in [7, 11) is -3.94. The van der Waals surface area contributed by atoms with Gasteiger partial charge in [0.15, 0.2) is 0 Å². The molecule has 29 heavy (non-hydrogen) atoms. The minimum absolute atomic E-state index is 0.0863. The molecule has 0 aliphatic carbocycles. The molecule has 0 heterocycles. The average Bonchev–Trinajstić information content (AvgIpc) is 2.69. The van der Waals surface area contributed by atoms with Crippen LogP contribution in [0.4, 0.5) is 5.69 Å². The number of phenols is 1. The van der Waals surface area contributed by atoms with E-state index in [1.54, 1.807) is 26.0 Å². The number of benzene rings is 3. The average molecular weight is 410 g/mol. The molecule has 0 atom stereocenters. The number of aryl methyl sites for hydroxylation is 1. The fourth-order valence-electron chi connectivity index (χ4n) is 3.03. The SMILES string of the molecule is Cc1ccc(S(=O)(=O)c2cc(NC(=O)Cc3ccccc3)c(C)c(C)c2O)cc1. The summed E-state index contributed by atoms with van der Waals surface area (Å²) in [5.74, 6) is -0.563. The first-order valence-corrected chi connectivity index (χ1v) is 10.7. The summed E-state index contributed by atoms with van der Waals surface area (Å²) in [6, 6.07) is 17.0. The van der Waals surface area contributed by atoms with Crippen molar-refractivity contribution in [3.63, 3.8) is 0 Å². The monoisotopic (exact) mass is 409 g/mol. The third-order valence-electron chi connectivity index (χ3n) is 4.93. The van der Waals surface area contributed by atoms with Gasteiger partial charge in [-0.3, -0.25) is 4.79 Å². The molecule has 3 aromatic rings. The second-order valence-electron chi connectivity index (χ2n) is 7.05. The Morgan fingerprint density at radius 3 is 2.17 bits per heavy atom. The Morgan fingerprint density at radius 2 is 1.55 bits per heavy atom. The van der Waals surface area contributed by atoms with Crippen LogP contribution in [0.2, 0.25) is 0 Å². The maximum Gasteiger partial charge on any atom is 0.228 e. The van der Waals surface area contributed by atoms with Gasteiger partial charge in [-0.25, -0.2) is 8.42 Å². The van der Waals surface area contributed by atoms with Gasteiger partial charge in [-0.15, -0.1) is 0 Å². The maximum atomic E-state index is 13.1. The van der Waals surface area contributed by atoms with Crippen molar-refractivity contribution < 1.29 is 18.3 Å². The van der Waals surface area contributed by atoms with Gasteiger partial charge in [-0.05, 0) is 55.7 Å². The van der Waals surface area contributed by atoms with E-state index in [9.17, 15) is 18.3 Å². The van der Waals surface area contributed by atoms with E-state index in [4.69, 9.17) is 0 Å². The Labute approximate surface area is 171 Å². The first-order chi connectivity index (χ1) is 13.7. The molecule has 3 rings (SSSR count). The zero-order chi connectivity index (χ0) is 21.2. The van der Waals surface area contributed by atoms with Crippen LogP contribution in [0.3, 0.4) is 0 Å². The minimum atomic E-state index is -3.94. The number of hydrogen-bond acceptors (Lipinski definition) is 4. The van der Waals surface area contributed by atoms with Crippen molar-refractivity contribution in [2.24, 2.45) is 0 Å². The number of anilines is 1. The highest BCUT2D eigenvalue weighted by molar-refractivity contribution is 7.91. The molecule has 6 heteroatoms. The van der Waals surface area contributed by atoms with Gasteiger partial charge >= 0.3 is 0 Å². The van der Waals surface area contributed by atoms with E-state index in [1.165, 1.54) is 18.2 Å². The van der Waals surface area contributed by atoms with Gasteiger partial charge in [0.1, 0.15) is 10.6 Å². The standard InChI is InChI=1S/C23H23NO4S/c1-15-9-11-19(12-10-15)29(27,28)21-14-20(16(2)17(3)23(21)26)24-22(25)13-18-7-5-4-6-8-18/h4-12,14,26H,13H2,1-3H3,(H,24,25). The fourth-order valence-corrected chi connectivity index (χ4v) is 4.46. The summed E-state index contributed by atoms with van der Waals surface area (Å²) in [5.41, 5.74) is 3.18. The second-order valence-corrected chi connectivity index (χ2v) is 8.97. The molecule has 0 unspecified atom stereocenters. The molecule has 0 radical (unpaired) electrons. The number of nitrogens with one attached hydrogen (secondary N) is 1. The van der Waals surface area contributed by atoms with Crippen molar-refractivity contribution in [2.45, 2.75) is 37.0 Å². The third-order valence-corrected chi connectivity index (χ3v) is 6.72. The van der Waals surface area contributed by atoms with Crippen LogP contribution in [0.5, 0.6) is 5.75 Å². The van der Waals surface area contributed by atoms with Crippen LogP contribution in [0, 0.1) is 20.8 Å². The molecule has 0 aliphatic heterocycles. The zero-order valence-electron chi connectivity index (χ0n) is 16.6. The van der Waals surface area contributed by atoms with Gasteiger partial charge in [0.05, 0.1) is 11.3 Å². The predicted molar refractivity (Wildman–Crippen MR) is 113 cm³/mol. The van der Waals surface area contributed by atoms with Crippen LogP contribution >= 0.6 is 0 Å². The van der Waals surface area contributed by atoms with Crippen molar-refractivity contribution in [3.8, 4) is 5.75 Å². The van der Waals surface area contributed by atoms with Crippen LogP contribution in [0.25, 0.3) is 0 Å². The van der Waals surface area contributed by atoms with Crippen molar-refractivity contribution in [3.05, 3.63) is 82.9 Å². The molecule has 3 aromatic carbocycles.